The van der Waals surface area contributed by atoms with Crippen LogP contribution in [0.3, 0.4) is 0 Å². The quantitative estimate of drug-likeness (QED) is 0.164. The molecule has 10 aromatic carbocycles. The zero-order chi connectivity index (χ0) is 31.1. The van der Waals surface area contributed by atoms with Gasteiger partial charge in [0, 0.05) is 0 Å². The Bertz CT molecular complexity index is 3080. The Balaban J connectivity index is 1.23. The van der Waals surface area contributed by atoms with Gasteiger partial charge in [-0.05, 0) is 145 Å². The zero-order valence-corrected chi connectivity index (χ0v) is 26.0. The van der Waals surface area contributed by atoms with E-state index >= 15 is 0 Å². The molecule has 12 rings (SSSR count). The molecule has 2 aliphatic rings. The number of fused-ring (bicyclic) bond motifs is 13. The first-order valence-electron chi connectivity index (χ1n) is 16.9. The predicted octanol–water partition coefficient (Wildman–Crippen LogP) is 13.6. The fraction of sp³-hybridized carbons (Fsp3) is 0. The highest BCUT2D eigenvalue weighted by molar-refractivity contribution is 6.31. The minimum atomic E-state index is 1.26. The second kappa shape index (κ2) is 8.76. The van der Waals surface area contributed by atoms with Crippen LogP contribution in [0, 0.1) is 0 Å². The van der Waals surface area contributed by atoms with Crippen LogP contribution in [-0.2, 0) is 0 Å². The minimum absolute atomic E-state index is 1.26. The van der Waals surface area contributed by atoms with Gasteiger partial charge in [-0.3, -0.25) is 0 Å². The first-order chi connectivity index (χ1) is 23.8. The lowest BCUT2D eigenvalue weighted by Crippen LogP contribution is -1.91. The van der Waals surface area contributed by atoms with Crippen LogP contribution < -0.4 is 0 Å². The van der Waals surface area contributed by atoms with Gasteiger partial charge in [0.2, 0.25) is 0 Å². The van der Waals surface area contributed by atoms with E-state index < -0.39 is 0 Å². The molecule has 2 aliphatic carbocycles. The summed E-state index contributed by atoms with van der Waals surface area (Å²) in [5, 5.41) is 15.8. The molecule has 0 unspecified atom stereocenters. The van der Waals surface area contributed by atoms with Gasteiger partial charge in [-0.2, -0.15) is 0 Å². The fourth-order valence-corrected chi connectivity index (χ4v) is 9.30. The SMILES string of the molecule is c1ccc(-c2c3c(cc4ccc5c6cc7c(cc6ccc5c24)-c2cccc4cccc-7c24)-c2cc4ccccc4c4cccc-3c24)cc1. The standard InChI is InChI=1S/C48H26/c1-2-9-28(10-3-1)46-45-31(25-43-42-24-29-11-4-5-14-32(29)34-17-8-18-38(47(34)42)48(43)46)20-21-33-37(45)22-19-30-23-40-35-15-6-12-27-13-7-16-36(44(27)35)41(40)26-39(30)33/h1-26H. The van der Waals surface area contributed by atoms with Gasteiger partial charge in [-0.25, -0.2) is 0 Å². The van der Waals surface area contributed by atoms with Crippen molar-refractivity contribution in [3.05, 3.63) is 158 Å². The summed E-state index contributed by atoms with van der Waals surface area (Å²) in [4.78, 5) is 0. The highest BCUT2D eigenvalue weighted by Gasteiger charge is 2.28. The van der Waals surface area contributed by atoms with Gasteiger partial charge in [0.05, 0.1) is 0 Å². The van der Waals surface area contributed by atoms with E-state index in [4.69, 9.17) is 0 Å². The third-order valence-electron chi connectivity index (χ3n) is 11.2. The van der Waals surface area contributed by atoms with Crippen LogP contribution in [-0.4, -0.2) is 0 Å². The van der Waals surface area contributed by atoms with Crippen molar-refractivity contribution in [2.24, 2.45) is 0 Å². The molecule has 0 radical (unpaired) electrons. The maximum absolute atomic E-state index is 2.46. The molecule has 0 fully saturated rings. The average Bonchev–Trinajstić information content (AvgIpc) is 3.63. The zero-order valence-electron chi connectivity index (χ0n) is 26.0. The summed E-state index contributed by atoms with van der Waals surface area (Å²) in [5.41, 5.74) is 13.3. The van der Waals surface area contributed by atoms with Crippen molar-refractivity contribution in [3.63, 3.8) is 0 Å². The molecule has 0 heterocycles. The molecule has 0 aromatic heterocycles. The maximum atomic E-state index is 2.46. The number of hydrogen-bond acceptors (Lipinski definition) is 0. The molecule has 48 heavy (non-hydrogen) atoms. The van der Waals surface area contributed by atoms with E-state index in [2.05, 4.69) is 158 Å². The van der Waals surface area contributed by atoms with Crippen LogP contribution in [0.5, 0.6) is 0 Å². The Morgan fingerprint density at radius 1 is 0.229 bits per heavy atom. The predicted molar refractivity (Wildman–Crippen MR) is 206 cm³/mol. The molecule has 0 aliphatic heterocycles. The smallest absolute Gasteiger partial charge is 0.00134 e. The van der Waals surface area contributed by atoms with E-state index in [-0.39, 0.29) is 0 Å². The van der Waals surface area contributed by atoms with Crippen LogP contribution in [0.25, 0.3) is 120 Å². The lowest BCUT2D eigenvalue weighted by atomic mass is 9.85. The van der Waals surface area contributed by atoms with E-state index in [1.807, 2.05) is 0 Å². The number of rotatable bonds is 1. The Labute approximate surface area is 277 Å². The molecule has 0 spiro atoms. The Morgan fingerprint density at radius 3 is 1.71 bits per heavy atom. The van der Waals surface area contributed by atoms with Crippen LogP contribution in [0.4, 0.5) is 0 Å². The monoisotopic (exact) mass is 602 g/mol. The van der Waals surface area contributed by atoms with Crippen LogP contribution in [0.1, 0.15) is 0 Å². The molecule has 10 aromatic rings. The lowest BCUT2D eigenvalue weighted by molar-refractivity contribution is 1.66. The molecular formula is C48H26. The van der Waals surface area contributed by atoms with Gasteiger partial charge >= 0.3 is 0 Å². The van der Waals surface area contributed by atoms with Crippen molar-refractivity contribution >= 4 is 64.6 Å². The van der Waals surface area contributed by atoms with Crippen molar-refractivity contribution in [1.29, 1.82) is 0 Å². The fourth-order valence-electron chi connectivity index (χ4n) is 9.30. The number of benzene rings is 10. The van der Waals surface area contributed by atoms with Crippen molar-refractivity contribution in [3.8, 4) is 55.6 Å². The third kappa shape index (κ3) is 3.01. The van der Waals surface area contributed by atoms with Crippen molar-refractivity contribution in [2.45, 2.75) is 0 Å². The van der Waals surface area contributed by atoms with Crippen molar-refractivity contribution in [2.75, 3.05) is 0 Å². The van der Waals surface area contributed by atoms with E-state index in [0.717, 1.165) is 0 Å². The molecule has 0 atom stereocenters. The largest absolute Gasteiger partial charge is 0.0622 e. The molecule has 0 heteroatoms. The van der Waals surface area contributed by atoms with E-state index in [9.17, 15) is 0 Å². The van der Waals surface area contributed by atoms with E-state index in [0.29, 0.717) is 0 Å². The van der Waals surface area contributed by atoms with E-state index in [1.54, 1.807) is 0 Å². The molecule has 0 bridgehead atoms. The van der Waals surface area contributed by atoms with Gasteiger partial charge < -0.3 is 0 Å². The maximum Gasteiger partial charge on any atom is -0.00134 e. The Hall–Kier alpha value is -6.24. The molecule has 0 saturated carbocycles. The summed E-state index contributed by atoms with van der Waals surface area (Å²) < 4.78 is 0. The highest BCUT2D eigenvalue weighted by Crippen LogP contribution is 2.56. The molecule has 0 amide bonds. The third-order valence-corrected chi connectivity index (χ3v) is 11.2. The Kier molecular flexibility index (Phi) is 4.55. The summed E-state index contributed by atoms with van der Waals surface area (Å²) in [6.07, 6.45) is 0. The second-order valence-corrected chi connectivity index (χ2v) is 13.6. The minimum Gasteiger partial charge on any atom is -0.0622 e. The Morgan fingerprint density at radius 2 is 0.833 bits per heavy atom. The lowest BCUT2D eigenvalue weighted by Gasteiger charge is -2.18. The molecule has 0 nitrogen and oxygen atoms in total. The summed E-state index contributed by atoms with van der Waals surface area (Å²) >= 11 is 0. The number of hydrogen-bond donors (Lipinski definition) is 0. The van der Waals surface area contributed by atoms with Gasteiger partial charge in [0.1, 0.15) is 0 Å². The van der Waals surface area contributed by atoms with Gasteiger partial charge in [-0.1, -0.05) is 133 Å². The second-order valence-electron chi connectivity index (χ2n) is 13.6. The summed E-state index contributed by atoms with van der Waals surface area (Å²) in [5.74, 6) is 0. The topological polar surface area (TPSA) is 0 Å². The van der Waals surface area contributed by atoms with Gasteiger partial charge in [0.25, 0.3) is 0 Å². The first kappa shape index (κ1) is 24.9. The average molecular weight is 603 g/mol. The molecule has 0 saturated heterocycles. The molecule has 218 valence electrons. The van der Waals surface area contributed by atoms with Gasteiger partial charge in [0.15, 0.2) is 0 Å². The van der Waals surface area contributed by atoms with Crippen LogP contribution in [0.15, 0.2) is 158 Å². The van der Waals surface area contributed by atoms with Crippen LogP contribution in [0.2, 0.25) is 0 Å². The van der Waals surface area contributed by atoms with Crippen LogP contribution >= 0.6 is 0 Å². The molecular weight excluding hydrogens is 577 g/mol. The summed E-state index contributed by atoms with van der Waals surface area (Å²) in [6, 6.07) is 59.5. The highest BCUT2D eigenvalue weighted by atomic mass is 14.3. The molecule has 0 N–H and O–H groups in total. The van der Waals surface area contributed by atoms with Crippen molar-refractivity contribution in [1.82, 2.24) is 0 Å². The first-order valence-corrected chi connectivity index (χ1v) is 16.9. The van der Waals surface area contributed by atoms with Gasteiger partial charge in [-0.15, -0.1) is 0 Å². The summed E-state index contributed by atoms with van der Waals surface area (Å²) in [7, 11) is 0. The normalized spacial score (nSPS) is 12.6. The summed E-state index contributed by atoms with van der Waals surface area (Å²) in [6.45, 7) is 0. The van der Waals surface area contributed by atoms with Crippen molar-refractivity contribution < 1.29 is 0 Å². The van der Waals surface area contributed by atoms with E-state index in [1.165, 1.54) is 120 Å².